The molecule has 0 spiro atoms. The number of hydrogen-bond acceptors (Lipinski definition) is 8. The average Bonchev–Trinajstić information content (AvgIpc) is 3.12. The molecule has 0 heterocycles. The van der Waals surface area contributed by atoms with Gasteiger partial charge in [0.2, 0.25) is 21.8 Å². The summed E-state index contributed by atoms with van der Waals surface area (Å²) in [5.41, 5.74) is 1.78. The molecule has 3 aromatic rings. The fourth-order valence-corrected chi connectivity index (χ4v) is 6.02. The van der Waals surface area contributed by atoms with E-state index < -0.39 is 45.8 Å². The fourth-order valence-electron chi connectivity index (χ4n) is 5.40. The molecule has 6 N–H and O–H groups in total. The first-order valence-corrected chi connectivity index (χ1v) is 18.9. The van der Waals surface area contributed by atoms with Gasteiger partial charge in [-0.3, -0.25) is 23.9 Å². The highest BCUT2D eigenvalue weighted by Gasteiger charge is 2.28. The SMILES string of the molecule is CCS(=O)(=O)Nc1cc(C(=O)NC(C)c2ccccc2)cc(C(=O)NC(CC(C)C)C(O)CC(C)C(=O)NCC(=O)NCc2cccc(OC)c2)c1. The minimum Gasteiger partial charge on any atom is -0.497 e. The predicted octanol–water partition coefficient (Wildman–Crippen LogP) is 3.91. The summed E-state index contributed by atoms with van der Waals surface area (Å²) < 4.78 is 32.5. The van der Waals surface area contributed by atoms with Crippen molar-refractivity contribution in [2.45, 2.75) is 72.2 Å². The van der Waals surface area contributed by atoms with Crippen molar-refractivity contribution in [1.82, 2.24) is 21.3 Å². The highest BCUT2D eigenvalue weighted by Crippen LogP contribution is 2.21. The molecule has 0 fully saturated rings. The van der Waals surface area contributed by atoms with Crippen molar-refractivity contribution in [3.63, 3.8) is 0 Å². The molecule has 0 aliphatic heterocycles. The quantitative estimate of drug-likeness (QED) is 0.107. The Morgan fingerprint density at radius 1 is 0.808 bits per heavy atom. The Balaban J connectivity index is 1.69. The summed E-state index contributed by atoms with van der Waals surface area (Å²) in [7, 11) is -2.19. The first-order valence-electron chi connectivity index (χ1n) is 17.3. The lowest BCUT2D eigenvalue weighted by Crippen LogP contribution is -2.46. The van der Waals surface area contributed by atoms with E-state index in [0.717, 1.165) is 11.1 Å². The lowest BCUT2D eigenvalue weighted by Gasteiger charge is -2.27. The maximum atomic E-state index is 13.7. The van der Waals surface area contributed by atoms with Crippen molar-refractivity contribution in [2.24, 2.45) is 11.8 Å². The highest BCUT2D eigenvalue weighted by molar-refractivity contribution is 7.92. The number of carbonyl (C=O) groups is 4. The minimum absolute atomic E-state index is 0.000485. The Morgan fingerprint density at radius 3 is 2.08 bits per heavy atom. The Bertz CT molecular complexity index is 1780. The molecule has 4 amide bonds. The molecule has 4 unspecified atom stereocenters. The van der Waals surface area contributed by atoms with Crippen molar-refractivity contribution in [3.8, 4) is 5.75 Å². The van der Waals surface area contributed by atoms with Gasteiger partial charge in [-0.1, -0.05) is 63.2 Å². The number of anilines is 1. The monoisotopic (exact) mass is 737 g/mol. The first kappa shape index (κ1) is 41.5. The maximum absolute atomic E-state index is 13.7. The van der Waals surface area contributed by atoms with Gasteiger partial charge in [0.05, 0.1) is 43.3 Å². The lowest BCUT2D eigenvalue weighted by molar-refractivity contribution is -0.129. The number of sulfonamides is 1. The zero-order valence-electron chi connectivity index (χ0n) is 30.6. The molecule has 0 saturated heterocycles. The summed E-state index contributed by atoms with van der Waals surface area (Å²) in [6.45, 7) is 8.72. The van der Waals surface area contributed by atoms with E-state index in [1.807, 2.05) is 63.2 Å². The number of methoxy groups -OCH3 is 1. The molecule has 14 heteroatoms. The molecule has 3 aromatic carbocycles. The summed E-state index contributed by atoms with van der Waals surface area (Å²) in [6, 6.07) is 19.4. The molecule has 13 nitrogen and oxygen atoms in total. The highest BCUT2D eigenvalue weighted by atomic mass is 32.2. The van der Waals surface area contributed by atoms with E-state index in [0.29, 0.717) is 12.2 Å². The van der Waals surface area contributed by atoms with E-state index in [2.05, 4.69) is 26.0 Å². The Kier molecular flexibility index (Phi) is 15.6. The van der Waals surface area contributed by atoms with Crippen LogP contribution in [0.25, 0.3) is 0 Å². The number of amides is 4. The largest absolute Gasteiger partial charge is 0.497 e. The van der Waals surface area contributed by atoms with Crippen LogP contribution >= 0.6 is 0 Å². The van der Waals surface area contributed by atoms with Gasteiger partial charge in [0.15, 0.2) is 0 Å². The molecule has 52 heavy (non-hydrogen) atoms. The van der Waals surface area contributed by atoms with Gasteiger partial charge in [-0.2, -0.15) is 0 Å². The van der Waals surface area contributed by atoms with Crippen LogP contribution in [0.5, 0.6) is 5.75 Å². The van der Waals surface area contributed by atoms with Crippen molar-refractivity contribution in [2.75, 3.05) is 24.1 Å². The van der Waals surface area contributed by atoms with Gasteiger partial charge in [-0.15, -0.1) is 0 Å². The Hall–Kier alpha value is -4.95. The van der Waals surface area contributed by atoms with Gasteiger partial charge in [0.1, 0.15) is 5.75 Å². The Labute approximate surface area is 306 Å². The number of aliphatic hydroxyl groups is 1. The van der Waals surface area contributed by atoms with Gasteiger partial charge in [-0.05, 0) is 74.1 Å². The van der Waals surface area contributed by atoms with Crippen molar-refractivity contribution in [3.05, 3.63) is 95.1 Å². The van der Waals surface area contributed by atoms with Crippen LogP contribution in [0.15, 0.2) is 72.8 Å². The first-order chi connectivity index (χ1) is 24.6. The van der Waals surface area contributed by atoms with Gasteiger partial charge in [0.25, 0.3) is 11.8 Å². The van der Waals surface area contributed by atoms with E-state index in [1.165, 1.54) is 25.1 Å². The number of ether oxygens (including phenoxy) is 1. The van der Waals surface area contributed by atoms with Crippen molar-refractivity contribution < 1.29 is 37.4 Å². The van der Waals surface area contributed by atoms with Gasteiger partial charge in [0, 0.05) is 23.6 Å². The van der Waals surface area contributed by atoms with Crippen LogP contribution in [0, 0.1) is 11.8 Å². The number of nitrogens with one attached hydrogen (secondary N) is 5. The van der Waals surface area contributed by atoms with Crippen LogP contribution in [-0.2, 0) is 26.2 Å². The summed E-state index contributed by atoms with van der Waals surface area (Å²) >= 11 is 0. The van der Waals surface area contributed by atoms with Gasteiger partial charge >= 0.3 is 0 Å². The summed E-state index contributed by atoms with van der Waals surface area (Å²) in [5, 5.41) is 22.3. The molecular formula is C38H51N5O8S. The zero-order valence-corrected chi connectivity index (χ0v) is 31.4. The second-order valence-corrected chi connectivity index (χ2v) is 15.2. The molecule has 3 rings (SSSR count). The number of hydrogen-bond donors (Lipinski definition) is 6. The molecule has 0 saturated carbocycles. The number of rotatable bonds is 19. The van der Waals surface area contributed by atoms with E-state index in [1.54, 1.807) is 26.2 Å². The van der Waals surface area contributed by atoms with Crippen molar-refractivity contribution in [1.29, 1.82) is 0 Å². The van der Waals surface area contributed by atoms with Gasteiger partial charge < -0.3 is 31.1 Å². The summed E-state index contributed by atoms with van der Waals surface area (Å²) in [5.74, 6) is -2.22. The molecule has 0 radical (unpaired) electrons. The van der Waals surface area contributed by atoms with Gasteiger partial charge in [-0.25, -0.2) is 8.42 Å². The van der Waals surface area contributed by atoms with Crippen LogP contribution < -0.4 is 30.7 Å². The van der Waals surface area contributed by atoms with Crippen LogP contribution in [0.1, 0.15) is 85.3 Å². The lowest BCUT2D eigenvalue weighted by atomic mass is 9.92. The molecule has 0 aliphatic rings. The average molecular weight is 738 g/mol. The molecular weight excluding hydrogens is 687 g/mol. The molecule has 0 bridgehead atoms. The van der Waals surface area contributed by atoms with Crippen LogP contribution in [-0.4, -0.2) is 68.7 Å². The van der Waals surface area contributed by atoms with Crippen LogP contribution in [0.4, 0.5) is 5.69 Å². The smallest absolute Gasteiger partial charge is 0.251 e. The number of aliphatic hydroxyl groups excluding tert-OH is 1. The zero-order chi connectivity index (χ0) is 38.4. The molecule has 282 valence electrons. The van der Waals surface area contributed by atoms with E-state index >= 15 is 0 Å². The number of benzene rings is 3. The Morgan fingerprint density at radius 2 is 1.46 bits per heavy atom. The van der Waals surface area contributed by atoms with E-state index in [9.17, 15) is 32.7 Å². The van der Waals surface area contributed by atoms with Crippen LogP contribution in [0.3, 0.4) is 0 Å². The summed E-state index contributed by atoms with van der Waals surface area (Å²) in [6.07, 6.45) is -0.806. The minimum atomic E-state index is -3.75. The third kappa shape index (κ3) is 13.3. The number of carbonyl (C=O) groups excluding carboxylic acids is 4. The molecule has 0 aliphatic carbocycles. The third-order valence-corrected chi connectivity index (χ3v) is 9.66. The second-order valence-electron chi connectivity index (χ2n) is 13.2. The van der Waals surface area contributed by atoms with E-state index in [-0.39, 0.29) is 59.9 Å². The molecule has 4 atom stereocenters. The maximum Gasteiger partial charge on any atom is 0.251 e. The standard InChI is InChI=1S/C38H51N5O8S/c1-7-52(49,50)43-31-20-29(37(47)41-26(5)28-13-9-8-10-14-28)19-30(21-31)38(48)42-33(16-24(2)3)34(44)17-25(4)36(46)40-23-35(45)39-22-27-12-11-15-32(18-27)51-6/h8-15,18-21,24-26,33-34,43-44H,7,16-17,22-23H2,1-6H3,(H,39,45)(H,40,46)(H,41,47)(H,42,48). The molecule has 0 aromatic heterocycles. The summed E-state index contributed by atoms with van der Waals surface area (Å²) in [4.78, 5) is 52.3. The topological polar surface area (TPSA) is 192 Å². The fraction of sp³-hybridized carbons (Fsp3) is 0.421. The van der Waals surface area contributed by atoms with Crippen molar-refractivity contribution >= 4 is 39.3 Å². The van der Waals surface area contributed by atoms with Crippen LogP contribution in [0.2, 0.25) is 0 Å². The normalized spacial score (nSPS) is 13.6. The predicted molar refractivity (Wildman–Crippen MR) is 200 cm³/mol. The third-order valence-electron chi connectivity index (χ3n) is 8.35. The second kappa shape index (κ2) is 19.6. The van der Waals surface area contributed by atoms with E-state index in [4.69, 9.17) is 4.74 Å².